The van der Waals surface area contributed by atoms with Crippen molar-refractivity contribution in [1.82, 2.24) is 29.6 Å². The predicted molar refractivity (Wildman–Crippen MR) is 94.2 cm³/mol. The number of amides is 1. The number of hydrogen-bond acceptors (Lipinski definition) is 5. The number of benzene rings is 1. The highest BCUT2D eigenvalue weighted by atomic mass is 35.5. The Labute approximate surface area is 152 Å². The maximum Gasteiger partial charge on any atom is 0.328 e. The highest BCUT2D eigenvalue weighted by Gasteiger charge is 2.15. The molecule has 134 valence electrons. The van der Waals surface area contributed by atoms with Crippen LogP contribution in [0.25, 0.3) is 0 Å². The summed E-state index contributed by atoms with van der Waals surface area (Å²) in [6, 6.07) is 6.87. The molecule has 0 saturated heterocycles. The van der Waals surface area contributed by atoms with E-state index in [1.165, 1.54) is 12.7 Å². The second kappa shape index (κ2) is 7.79. The van der Waals surface area contributed by atoms with Crippen molar-refractivity contribution in [2.45, 2.75) is 13.1 Å². The van der Waals surface area contributed by atoms with Crippen LogP contribution in [-0.2, 0) is 13.1 Å². The molecule has 0 atom stereocenters. The number of halogens is 1. The van der Waals surface area contributed by atoms with E-state index in [0.717, 1.165) is 10.8 Å². The third-order valence-electron chi connectivity index (χ3n) is 3.68. The lowest BCUT2D eigenvalue weighted by molar-refractivity contribution is 0.0949. The van der Waals surface area contributed by atoms with Crippen LogP contribution < -0.4 is 16.6 Å². The summed E-state index contributed by atoms with van der Waals surface area (Å²) in [6.45, 7) is 0.627. The summed E-state index contributed by atoms with van der Waals surface area (Å²) in [4.78, 5) is 43.0. The van der Waals surface area contributed by atoms with Gasteiger partial charge >= 0.3 is 5.69 Å². The second-order valence-corrected chi connectivity index (χ2v) is 5.81. The van der Waals surface area contributed by atoms with E-state index >= 15 is 0 Å². The van der Waals surface area contributed by atoms with Crippen LogP contribution in [0.4, 0.5) is 0 Å². The summed E-state index contributed by atoms with van der Waals surface area (Å²) < 4.78 is 2.48. The minimum atomic E-state index is -0.688. The average molecular weight is 375 g/mol. The van der Waals surface area contributed by atoms with E-state index in [1.54, 1.807) is 28.9 Å². The first kappa shape index (κ1) is 17.6. The molecule has 0 aliphatic carbocycles. The van der Waals surface area contributed by atoms with Gasteiger partial charge in [-0.05, 0) is 11.6 Å². The minimum absolute atomic E-state index is 0.0338. The Morgan fingerprint density at radius 2 is 2.08 bits per heavy atom. The van der Waals surface area contributed by atoms with Gasteiger partial charge in [0.15, 0.2) is 0 Å². The number of carbonyl (C=O) groups excluding carboxylic acids is 1. The Balaban J connectivity index is 1.78. The second-order valence-electron chi connectivity index (χ2n) is 5.40. The van der Waals surface area contributed by atoms with E-state index in [4.69, 9.17) is 11.6 Å². The molecule has 0 unspecified atom stereocenters. The molecular formula is C16H15ClN6O3. The van der Waals surface area contributed by atoms with Crippen LogP contribution in [0, 0.1) is 0 Å². The molecule has 0 aliphatic rings. The summed E-state index contributed by atoms with van der Waals surface area (Å²) in [6.07, 6.45) is 4.01. The van der Waals surface area contributed by atoms with E-state index in [1.807, 2.05) is 0 Å². The molecule has 1 aromatic carbocycles. The zero-order chi connectivity index (χ0) is 18.5. The molecule has 2 N–H and O–H groups in total. The minimum Gasteiger partial charge on any atom is -0.350 e. The number of carbonyl (C=O) groups is 1. The van der Waals surface area contributed by atoms with Crippen molar-refractivity contribution in [1.29, 1.82) is 0 Å². The molecule has 0 spiro atoms. The van der Waals surface area contributed by atoms with Gasteiger partial charge in [-0.3, -0.25) is 18.8 Å². The monoisotopic (exact) mass is 374 g/mol. The number of nitrogens with one attached hydrogen (secondary N) is 2. The molecule has 0 saturated carbocycles. The Bertz CT molecular complexity index is 1020. The maximum absolute atomic E-state index is 12.6. The zero-order valence-electron chi connectivity index (χ0n) is 13.6. The smallest absolute Gasteiger partial charge is 0.328 e. The molecule has 26 heavy (non-hydrogen) atoms. The number of aromatic nitrogens is 5. The lowest BCUT2D eigenvalue weighted by Gasteiger charge is -2.09. The predicted octanol–water partition coefficient (Wildman–Crippen LogP) is 0.260. The number of H-pyrrole nitrogens is 1. The molecule has 0 radical (unpaired) electrons. The first-order chi connectivity index (χ1) is 12.6. The van der Waals surface area contributed by atoms with E-state index in [2.05, 4.69) is 20.4 Å². The fourth-order valence-corrected chi connectivity index (χ4v) is 2.54. The van der Waals surface area contributed by atoms with Crippen LogP contribution in [0.1, 0.15) is 15.9 Å². The molecule has 1 amide bonds. The third-order valence-corrected chi connectivity index (χ3v) is 4.05. The molecular weight excluding hydrogens is 360 g/mol. The Morgan fingerprint density at radius 3 is 2.81 bits per heavy atom. The highest BCUT2D eigenvalue weighted by molar-refractivity contribution is 6.31. The molecule has 2 heterocycles. The Kier molecular flexibility index (Phi) is 5.28. The molecule has 0 bridgehead atoms. The van der Waals surface area contributed by atoms with Gasteiger partial charge in [0.1, 0.15) is 18.2 Å². The van der Waals surface area contributed by atoms with Crippen LogP contribution >= 0.6 is 11.6 Å². The van der Waals surface area contributed by atoms with Crippen molar-refractivity contribution in [2.75, 3.05) is 6.54 Å². The van der Waals surface area contributed by atoms with Gasteiger partial charge in [0.2, 0.25) is 0 Å². The van der Waals surface area contributed by atoms with Crippen molar-refractivity contribution in [3.63, 3.8) is 0 Å². The van der Waals surface area contributed by atoms with Crippen molar-refractivity contribution in [2.24, 2.45) is 0 Å². The maximum atomic E-state index is 12.6. The quantitative estimate of drug-likeness (QED) is 0.642. The summed E-state index contributed by atoms with van der Waals surface area (Å²) in [5.74, 6) is -0.584. The summed E-state index contributed by atoms with van der Waals surface area (Å²) in [5.41, 5.74) is -0.859. The lowest BCUT2D eigenvalue weighted by atomic mass is 10.2. The fraction of sp³-hybridized carbons (Fsp3) is 0.188. The van der Waals surface area contributed by atoms with Gasteiger partial charge in [0.05, 0.1) is 13.1 Å². The van der Waals surface area contributed by atoms with Crippen molar-refractivity contribution < 1.29 is 4.79 Å². The van der Waals surface area contributed by atoms with Crippen molar-refractivity contribution in [3.8, 4) is 0 Å². The van der Waals surface area contributed by atoms with Crippen LogP contribution in [0.3, 0.4) is 0 Å². The summed E-state index contributed by atoms with van der Waals surface area (Å²) >= 11 is 6.08. The molecule has 9 nitrogen and oxygen atoms in total. The molecule has 0 aliphatic heterocycles. The van der Waals surface area contributed by atoms with Gasteiger partial charge in [-0.2, -0.15) is 5.10 Å². The van der Waals surface area contributed by atoms with Crippen LogP contribution in [0.5, 0.6) is 0 Å². The number of rotatable bonds is 6. The molecule has 0 fully saturated rings. The van der Waals surface area contributed by atoms with Crippen LogP contribution in [-0.4, -0.2) is 36.8 Å². The molecule has 3 aromatic rings. The van der Waals surface area contributed by atoms with Crippen LogP contribution in [0.15, 0.2) is 52.7 Å². The van der Waals surface area contributed by atoms with Gasteiger partial charge in [0, 0.05) is 17.8 Å². The van der Waals surface area contributed by atoms with E-state index in [-0.39, 0.29) is 18.7 Å². The van der Waals surface area contributed by atoms with Crippen molar-refractivity contribution >= 4 is 17.5 Å². The highest BCUT2D eigenvalue weighted by Crippen LogP contribution is 2.14. The Hall–Kier alpha value is -3.20. The molecule has 10 heteroatoms. The lowest BCUT2D eigenvalue weighted by Crippen LogP contribution is -2.41. The summed E-state index contributed by atoms with van der Waals surface area (Å²) in [7, 11) is 0. The first-order valence-corrected chi connectivity index (χ1v) is 8.10. The van der Waals surface area contributed by atoms with Gasteiger partial charge in [0.25, 0.3) is 11.5 Å². The van der Waals surface area contributed by atoms with E-state index in [9.17, 15) is 14.4 Å². The topological polar surface area (TPSA) is 115 Å². The van der Waals surface area contributed by atoms with E-state index < -0.39 is 17.2 Å². The number of aromatic amines is 1. The third kappa shape index (κ3) is 3.89. The molecule has 3 rings (SSSR count). The number of nitrogens with zero attached hydrogens (tertiary/aromatic N) is 4. The van der Waals surface area contributed by atoms with Gasteiger partial charge in [-0.25, -0.2) is 9.78 Å². The van der Waals surface area contributed by atoms with E-state index in [0.29, 0.717) is 17.1 Å². The van der Waals surface area contributed by atoms with Crippen LogP contribution in [0.2, 0.25) is 5.02 Å². The van der Waals surface area contributed by atoms with Gasteiger partial charge < -0.3 is 10.3 Å². The first-order valence-electron chi connectivity index (χ1n) is 7.73. The largest absolute Gasteiger partial charge is 0.350 e. The SMILES string of the molecule is O=C(NCCn1cncn1)c1c[nH]c(=O)n(Cc2ccccc2Cl)c1=O. The standard InChI is InChI=1S/C16H15ClN6O3/c17-13-4-2-1-3-11(13)8-23-15(25)12(7-20-16(23)26)14(24)19-5-6-22-10-18-9-21-22/h1-4,7,9-10H,5-6,8H2,(H,19,24)(H,20,26). The average Bonchev–Trinajstić information content (AvgIpc) is 3.13. The zero-order valence-corrected chi connectivity index (χ0v) is 14.3. The van der Waals surface area contributed by atoms with Gasteiger partial charge in [-0.15, -0.1) is 0 Å². The number of hydrogen-bond donors (Lipinski definition) is 2. The summed E-state index contributed by atoms with van der Waals surface area (Å²) in [5, 5.41) is 6.96. The molecule has 2 aromatic heterocycles. The Morgan fingerprint density at radius 1 is 1.27 bits per heavy atom. The van der Waals surface area contributed by atoms with Gasteiger partial charge in [-0.1, -0.05) is 29.8 Å². The fourth-order valence-electron chi connectivity index (χ4n) is 2.34. The normalized spacial score (nSPS) is 10.7. The van der Waals surface area contributed by atoms with Crippen molar-refractivity contribution in [3.05, 3.63) is 80.1 Å².